The van der Waals surface area contributed by atoms with E-state index in [1.165, 1.54) is 35.5 Å². The van der Waals surface area contributed by atoms with Crippen molar-refractivity contribution in [3.8, 4) is 0 Å². The predicted molar refractivity (Wildman–Crippen MR) is 58.9 cm³/mol. The Bertz CT molecular complexity index is 321. The van der Waals surface area contributed by atoms with Gasteiger partial charge in [0.15, 0.2) is 0 Å². The SMILES string of the molecule is CC(=O)N(C)CC(=O)N1CSC[C@H]1C(=O)O. The fourth-order valence-electron chi connectivity index (χ4n) is 1.30. The van der Waals surface area contributed by atoms with Crippen LogP contribution in [0.25, 0.3) is 0 Å². The molecule has 0 aromatic carbocycles. The molecule has 1 saturated heterocycles. The van der Waals surface area contributed by atoms with Crippen LogP contribution in [0.1, 0.15) is 6.92 Å². The van der Waals surface area contributed by atoms with Gasteiger partial charge in [-0.05, 0) is 0 Å². The summed E-state index contributed by atoms with van der Waals surface area (Å²) in [5.74, 6) is -0.752. The first-order valence-corrected chi connectivity index (χ1v) is 5.90. The molecule has 1 atom stereocenters. The lowest BCUT2D eigenvalue weighted by atomic mass is 10.3. The number of rotatable bonds is 3. The number of amides is 2. The minimum Gasteiger partial charge on any atom is -0.480 e. The van der Waals surface area contributed by atoms with Crippen molar-refractivity contribution < 1.29 is 19.5 Å². The van der Waals surface area contributed by atoms with E-state index in [0.29, 0.717) is 11.6 Å². The summed E-state index contributed by atoms with van der Waals surface area (Å²) >= 11 is 1.40. The first-order valence-electron chi connectivity index (χ1n) is 4.75. The minimum absolute atomic E-state index is 0.0698. The molecule has 16 heavy (non-hydrogen) atoms. The number of nitrogens with zero attached hydrogens (tertiary/aromatic N) is 2. The van der Waals surface area contributed by atoms with E-state index < -0.39 is 12.0 Å². The molecule has 1 rings (SSSR count). The van der Waals surface area contributed by atoms with E-state index in [9.17, 15) is 14.4 Å². The second-order valence-electron chi connectivity index (χ2n) is 3.59. The van der Waals surface area contributed by atoms with Gasteiger partial charge >= 0.3 is 5.97 Å². The van der Waals surface area contributed by atoms with Gasteiger partial charge in [0.25, 0.3) is 0 Å². The second-order valence-corrected chi connectivity index (χ2v) is 4.59. The number of aliphatic carboxylic acids is 1. The maximum atomic E-state index is 11.7. The van der Waals surface area contributed by atoms with Gasteiger partial charge in [0.1, 0.15) is 6.04 Å². The highest BCUT2D eigenvalue weighted by molar-refractivity contribution is 7.99. The fourth-order valence-corrected chi connectivity index (χ4v) is 2.47. The maximum absolute atomic E-state index is 11.7. The van der Waals surface area contributed by atoms with Crippen LogP contribution >= 0.6 is 11.8 Å². The largest absolute Gasteiger partial charge is 0.480 e. The van der Waals surface area contributed by atoms with Crippen LogP contribution in [0.4, 0.5) is 0 Å². The van der Waals surface area contributed by atoms with Gasteiger partial charge in [-0.1, -0.05) is 0 Å². The number of carboxylic acids is 1. The molecule has 0 aromatic rings. The van der Waals surface area contributed by atoms with Crippen LogP contribution in [0.2, 0.25) is 0 Å². The van der Waals surface area contributed by atoms with E-state index in [2.05, 4.69) is 0 Å². The number of carboxylic acid groups (broad SMARTS) is 1. The van der Waals surface area contributed by atoms with Gasteiger partial charge in [0.2, 0.25) is 11.8 Å². The average molecular weight is 246 g/mol. The fraction of sp³-hybridized carbons (Fsp3) is 0.667. The Kier molecular flexibility index (Phi) is 4.17. The molecule has 0 saturated carbocycles. The molecule has 0 bridgehead atoms. The standard InChI is InChI=1S/C9H14N2O4S/c1-6(12)10(2)3-8(13)11-5-16-4-7(11)9(14)15/h7H,3-5H2,1-2H3,(H,14,15)/t7-/m0/s1. The lowest BCUT2D eigenvalue weighted by Crippen LogP contribution is -2.46. The number of thioether (sulfide) groups is 1. The molecule has 0 unspecified atom stereocenters. The van der Waals surface area contributed by atoms with Crippen molar-refractivity contribution in [3.05, 3.63) is 0 Å². The van der Waals surface area contributed by atoms with Gasteiger partial charge in [-0.15, -0.1) is 11.8 Å². The van der Waals surface area contributed by atoms with Crippen molar-refractivity contribution in [2.45, 2.75) is 13.0 Å². The van der Waals surface area contributed by atoms with Crippen molar-refractivity contribution >= 4 is 29.5 Å². The highest BCUT2D eigenvalue weighted by Crippen LogP contribution is 2.21. The molecule has 1 aliphatic heterocycles. The van der Waals surface area contributed by atoms with Crippen LogP contribution in [0.3, 0.4) is 0 Å². The zero-order valence-electron chi connectivity index (χ0n) is 9.17. The molecule has 0 aliphatic carbocycles. The third kappa shape index (κ3) is 2.88. The summed E-state index contributed by atoms with van der Waals surface area (Å²) in [6, 6.07) is -0.766. The Morgan fingerprint density at radius 3 is 2.62 bits per heavy atom. The van der Waals surface area contributed by atoms with E-state index >= 15 is 0 Å². The summed E-state index contributed by atoms with van der Waals surface area (Å²) in [5, 5.41) is 8.89. The lowest BCUT2D eigenvalue weighted by molar-refractivity contribution is -0.148. The van der Waals surface area contributed by atoms with Gasteiger partial charge in [-0.3, -0.25) is 9.59 Å². The predicted octanol–water partition coefficient (Wildman–Crippen LogP) is -0.549. The topological polar surface area (TPSA) is 77.9 Å². The first kappa shape index (κ1) is 12.8. The van der Waals surface area contributed by atoms with Gasteiger partial charge in [0, 0.05) is 19.7 Å². The highest BCUT2D eigenvalue weighted by Gasteiger charge is 2.34. The smallest absolute Gasteiger partial charge is 0.327 e. The molecule has 6 nitrogen and oxygen atoms in total. The molecule has 0 aromatic heterocycles. The molecule has 1 N–H and O–H groups in total. The molecule has 1 aliphatic rings. The minimum atomic E-state index is -0.996. The molecule has 1 heterocycles. The molecule has 90 valence electrons. The number of hydrogen-bond donors (Lipinski definition) is 1. The molecular weight excluding hydrogens is 232 g/mol. The van der Waals surface area contributed by atoms with Gasteiger partial charge in [0.05, 0.1) is 12.4 Å². The first-order chi connectivity index (χ1) is 7.43. The Balaban J connectivity index is 2.60. The van der Waals surface area contributed by atoms with E-state index in [-0.39, 0.29) is 18.4 Å². The second kappa shape index (κ2) is 5.20. The Labute approximate surface area is 97.6 Å². The van der Waals surface area contributed by atoms with Crippen molar-refractivity contribution in [1.82, 2.24) is 9.80 Å². The van der Waals surface area contributed by atoms with Crippen LogP contribution in [0.15, 0.2) is 0 Å². The van der Waals surface area contributed by atoms with Crippen LogP contribution in [0, 0.1) is 0 Å². The Morgan fingerprint density at radius 1 is 1.50 bits per heavy atom. The average Bonchev–Trinajstić information content (AvgIpc) is 2.65. The van der Waals surface area contributed by atoms with Gasteiger partial charge in [-0.25, -0.2) is 4.79 Å². The third-order valence-electron chi connectivity index (χ3n) is 2.40. The number of carbonyl (C=O) groups is 3. The molecule has 0 spiro atoms. The quantitative estimate of drug-likeness (QED) is 0.723. The van der Waals surface area contributed by atoms with Crippen LogP contribution in [-0.4, -0.2) is 64.0 Å². The zero-order valence-corrected chi connectivity index (χ0v) is 9.99. The number of carbonyl (C=O) groups excluding carboxylic acids is 2. The number of hydrogen-bond acceptors (Lipinski definition) is 4. The van der Waals surface area contributed by atoms with Gasteiger partial charge in [-0.2, -0.15) is 0 Å². The Hall–Kier alpha value is -1.24. The van der Waals surface area contributed by atoms with Gasteiger partial charge < -0.3 is 14.9 Å². The summed E-state index contributed by atoms with van der Waals surface area (Å²) in [6.45, 7) is 1.29. The van der Waals surface area contributed by atoms with Crippen molar-refractivity contribution in [2.75, 3.05) is 25.2 Å². The summed E-state index contributed by atoms with van der Waals surface area (Å²) in [4.78, 5) is 36.1. The van der Waals surface area contributed by atoms with E-state index in [1.54, 1.807) is 0 Å². The summed E-state index contributed by atoms with van der Waals surface area (Å²) in [5.41, 5.74) is 0. The Morgan fingerprint density at radius 2 is 2.12 bits per heavy atom. The summed E-state index contributed by atoms with van der Waals surface area (Å²) < 4.78 is 0. The lowest BCUT2D eigenvalue weighted by Gasteiger charge is -2.23. The van der Waals surface area contributed by atoms with Crippen molar-refractivity contribution in [3.63, 3.8) is 0 Å². The molecule has 7 heteroatoms. The van der Waals surface area contributed by atoms with Crippen molar-refractivity contribution in [1.29, 1.82) is 0 Å². The number of likely N-dealkylation sites (N-methyl/N-ethyl adjacent to an activating group) is 1. The van der Waals surface area contributed by atoms with Crippen LogP contribution < -0.4 is 0 Å². The van der Waals surface area contributed by atoms with E-state index in [1.807, 2.05) is 0 Å². The van der Waals surface area contributed by atoms with E-state index in [4.69, 9.17) is 5.11 Å². The monoisotopic (exact) mass is 246 g/mol. The summed E-state index contributed by atoms with van der Waals surface area (Å²) in [6.07, 6.45) is 0. The maximum Gasteiger partial charge on any atom is 0.327 e. The van der Waals surface area contributed by atoms with Crippen molar-refractivity contribution in [2.24, 2.45) is 0 Å². The molecule has 2 amide bonds. The normalized spacial score (nSPS) is 19.6. The highest BCUT2D eigenvalue weighted by atomic mass is 32.2. The van der Waals surface area contributed by atoms with Crippen LogP contribution in [0.5, 0.6) is 0 Å². The van der Waals surface area contributed by atoms with Crippen LogP contribution in [-0.2, 0) is 14.4 Å². The van der Waals surface area contributed by atoms with E-state index in [0.717, 1.165) is 0 Å². The molecule has 0 radical (unpaired) electrons. The molecule has 1 fully saturated rings. The zero-order chi connectivity index (χ0) is 12.3. The summed E-state index contributed by atoms with van der Waals surface area (Å²) in [7, 11) is 1.51. The molecular formula is C9H14N2O4S. The third-order valence-corrected chi connectivity index (χ3v) is 3.41.